The molecule has 6 aromatic rings. The van der Waals surface area contributed by atoms with E-state index in [1.165, 1.54) is 0 Å². The van der Waals surface area contributed by atoms with E-state index >= 15 is 0 Å². The molecule has 0 amide bonds. The zero-order chi connectivity index (χ0) is 27.9. The fourth-order valence-corrected chi connectivity index (χ4v) is 5.41. The highest BCUT2D eigenvalue weighted by molar-refractivity contribution is 5.91. The van der Waals surface area contributed by atoms with E-state index in [4.69, 9.17) is 28.7 Å². The van der Waals surface area contributed by atoms with Crippen molar-refractivity contribution in [3.8, 4) is 34.6 Å². The van der Waals surface area contributed by atoms with Crippen molar-refractivity contribution in [3.05, 3.63) is 108 Å². The molecule has 0 bridgehead atoms. The van der Waals surface area contributed by atoms with E-state index in [0.29, 0.717) is 40.3 Å². The second-order valence-corrected chi connectivity index (χ2v) is 9.55. The van der Waals surface area contributed by atoms with Gasteiger partial charge in [-0.2, -0.15) is 0 Å². The maximum absolute atomic E-state index is 6.52. The summed E-state index contributed by atoms with van der Waals surface area (Å²) in [6.45, 7) is 0.153. The number of para-hydroxylation sites is 2. The molecule has 0 spiro atoms. The molecule has 0 fully saturated rings. The molecule has 3 heterocycles. The van der Waals surface area contributed by atoms with Crippen LogP contribution in [0.15, 0.2) is 85.2 Å². The van der Waals surface area contributed by atoms with E-state index in [1.54, 1.807) is 32.2 Å². The first-order chi connectivity index (χ1) is 20.2. The van der Waals surface area contributed by atoms with Gasteiger partial charge in [-0.05, 0) is 35.2 Å². The van der Waals surface area contributed by atoms with Crippen molar-refractivity contribution in [2.45, 2.75) is 12.5 Å². The Labute approximate surface area is 235 Å². The number of nitrogens with zero attached hydrogens (tertiary/aromatic N) is 4. The second-order valence-electron chi connectivity index (χ2n) is 9.55. The molecule has 7 rings (SSSR count). The van der Waals surface area contributed by atoms with Crippen LogP contribution in [-0.4, -0.2) is 40.9 Å². The summed E-state index contributed by atoms with van der Waals surface area (Å²) < 4.78 is 30.8. The third kappa shape index (κ3) is 4.13. The van der Waals surface area contributed by atoms with E-state index in [0.717, 1.165) is 33.2 Å². The van der Waals surface area contributed by atoms with Gasteiger partial charge < -0.3 is 23.7 Å². The van der Waals surface area contributed by atoms with Crippen molar-refractivity contribution in [1.29, 1.82) is 0 Å². The van der Waals surface area contributed by atoms with E-state index < -0.39 is 0 Å². The minimum absolute atomic E-state index is 0.153. The molecule has 9 heteroatoms. The van der Waals surface area contributed by atoms with Gasteiger partial charge in [0.2, 0.25) is 5.88 Å². The zero-order valence-electron chi connectivity index (χ0n) is 22.7. The van der Waals surface area contributed by atoms with Crippen molar-refractivity contribution in [2.24, 2.45) is 0 Å². The van der Waals surface area contributed by atoms with Gasteiger partial charge in [-0.3, -0.25) is 0 Å². The average molecular weight is 547 g/mol. The van der Waals surface area contributed by atoms with Crippen molar-refractivity contribution in [2.75, 3.05) is 21.3 Å². The molecule has 0 saturated carbocycles. The minimum Gasteiger partial charge on any atom is -0.493 e. The molecule has 0 saturated heterocycles. The number of hydrogen-bond donors (Lipinski definition) is 0. The molecule has 0 aliphatic carbocycles. The summed E-state index contributed by atoms with van der Waals surface area (Å²) in [6, 6.07) is 25.8. The van der Waals surface area contributed by atoms with Gasteiger partial charge in [0.15, 0.2) is 34.5 Å². The maximum atomic E-state index is 6.52. The summed E-state index contributed by atoms with van der Waals surface area (Å²) in [4.78, 5) is 9.58. The molecular weight excluding hydrogens is 520 g/mol. The van der Waals surface area contributed by atoms with Crippen LogP contribution in [0.5, 0.6) is 34.6 Å². The largest absolute Gasteiger partial charge is 0.493 e. The summed E-state index contributed by atoms with van der Waals surface area (Å²) in [6.07, 6.45) is 1.62. The Morgan fingerprint density at radius 2 is 1.56 bits per heavy atom. The lowest BCUT2D eigenvalue weighted by Gasteiger charge is -2.29. The predicted molar refractivity (Wildman–Crippen MR) is 153 cm³/mol. The first kappa shape index (κ1) is 24.7. The average Bonchev–Trinajstić information content (AvgIpc) is 3.46. The maximum Gasteiger partial charge on any atom is 0.228 e. The Kier molecular flexibility index (Phi) is 6.04. The normalized spacial score (nSPS) is 13.8. The molecule has 1 aliphatic rings. The topological polar surface area (TPSA) is 89.2 Å². The van der Waals surface area contributed by atoms with Crippen LogP contribution in [0, 0.1) is 0 Å². The van der Waals surface area contributed by atoms with Crippen LogP contribution in [0.1, 0.15) is 28.4 Å². The van der Waals surface area contributed by atoms with Gasteiger partial charge in [0.25, 0.3) is 0 Å². The second kappa shape index (κ2) is 10.0. The molecule has 41 heavy (non-hydrogen) atoms. The van der Waals surface area contributed by atoms with E-state index in [9.17, 15) is 0 Å². The van der Waals surface area contributed by atoms with Crippen LogP contribution in [0.25, 0.3) is 16.4 Å². The molecule has 0 N–H and O–H groups in total. The molecule has 1 aliphatic heterocycles. The Bertz CT molecular complexity index is 1920. The molecule has 4 aromatic carbocycles. The highest BCUT2D eigenvalue weighted by Gasteiger charge is 2.34. The zero-order valence-corrected chi connectivity index (χ0v) is 22.7. The third-order valence-electron chi connectivity index (χ3n) is 7.31. The third-order valence-corrected chi connectivity index (χ3v) is 7.31. The Hall–Kier alpha value is -5.31. The number of benzene rings is 4. The SMILES string of the molecule is COc1ccc([C@@H]2c3ccc4ccccc4c3Oc3ncn4nc(COc5ccccc5OC)nc4c32)cc1OC. The summed E-state index contributed by atoms with van der Waals surface area (Å²) in [5, 5.41) is 6.76. The Morgan fingerprint density at radius 1 is 0.805 bits per heavy atom. The van der Waals surface area contributed by atoms with Crippen LogP contribution in [0.3, 0.4) is 0 Å². The van der Waals surface area contributed by atoms with Gasteiger partial charge in [-0.1, -0.05) is 54.6 Å². The van der Waals surface area contributed by atoms with Gasteiger partial charge in [0.05, 0.1) is 26.9 Å². The number of rotatable bonds is 7. The first-order valence-electron chi connectivity index (χ1n) is 13.1. The van der Waals surface area contributed by atoms with Gasteiger partial charge in [-0.15, -0.1) is 5.10 Å². The van der Waals surface area contributed by atoms with Crippen LogP contribution in [-0.2, 0) is 6.61 Å². The lowest BCUT2D eigenvalue weighted by Crippen LogP contribution is -2.15. The lowest BCUT2D eigenvalue weighted by molar-refractivity contribution is 0.276. The fraction of sp³-hybridized carbons (Fsp3) is 0.156. The smallest absolute Gasteiger partial charge is 0.228 e. The van der Waals surface area contributed by atoms with E-state index in [1.807, 2.05) is 54.6 Å². The van der Waals surface area contributed by atoms with Crippen molar-refractivity contribution in [3.63, 3.8) is 0 Å². The Morgan fingerprint density at radius 3 is 2.39 bits per heavy atom. The monoisotopic (exact) mass is 546 g/mol. The van der Waals surface area contributed by atoms with Gasteiger partial charge >= 0.3 is 0 Å². The van der Waals surface area contributed by atoms with E-state index in [-0.39, 0.29) is 12.5 Å². The lowest BCUT2D eigenvalue weighted by atomic mass is 9.82. The molecule has 0 radical (unpaired) electrons. The summed E-state index contributed by atoms with van der Waals surface area (Å²) in [7, 11) is 4.87. The summed E-state index contributed by atoms with van der Waals surface area (Å²) >= 11 is 0. The number of fused-ring (bicyclic) bond motifs is 6. The molecular formula is C32H26N4O5. The molecule has 2 aromatic heterocycles. The predicted octanol–water partition coefficient (Wildman–Crippen LogP) is 6.17. The van der Waals surface area contributed by atoms with Crippen molar-refractivity contribution in [1.82, 2.24) is 19.6 Å². The van der Waals surface area contributed by atoms with Crippen LogP contribution >= 0.6 is 0 Å². The highest BCUT2D eigenvalue weighted by Crippen LogP contribution is 2.51. The molecule has 204 valence electrons. The molecule has 1 atom stereocenters. The van der Waals surface area contributed by atoms with Gasteiger partial charge in [-0.25, -0.2) is 14.5 Å². The number of ether oxygens (including phenoxy) is 5. The van der Waals surface area contributed by atoms with Gasteiger partial charge in [0, 0.05) is 16.9 Å². The first-order valence-corrected chi connectivity index (χ1v) is 13.1. The summed E-state index contributed by atoms with van der Waals surface area (Å²) in [5.74, 6) is 4.02. The van der Waals surface area contributed by atoms with Crippen LogP contribution in [0.4, 0.5) is 0 Å². The fourth-order valence-electron chi connectivity index (χ4n) is 5.41. The van der Waals surface area contributed by atoms with E-state index in [2.05, 4.69) is 34.3 Å². The van der Waals surface area contributed by atoms with Crippen molar-refractivity contribution >= 4 is 16.4 Å². The standard InChI is InChI=1S/C32H26N4O5/c1-37-23-10-6-7-11-25(23)40-17-27-34-31-29-28(20-13-15-24(38-2)26(16-20)39-3)22-14-12-19-8-4-5-9-21(19)30(22)41-32(29)33-18-36(31)35-27/h4-16,18,28H,17H2,1-3H3/t28-/m1/s1. The quantitative estimate of drug-likeness (QED) is 0.235. The number of hydrogen-bond acceptors (Lipinski definition) is 8. The van der Waals surface area contributed by atoms with Crippen LogP contribution < -0.4 is 23.7 Å². The minimum atomic E-state index is -0.262. The Balaban J connectivity index is 1.38. The highest BCUT2D eigenvalue weighted by atomic mass is 16.5. The number of methoxy groups -OCH3 is 3. The van der Waals surface area contributed by atoms with Gasteiger partial charge in [0.1, 0.15) is 18.7 Å². The summed E-state index contributed by atoms with van der Waals surface area (Å²) in [5.41, 5.74) is 3.41. The number of aromatic nitrogens is 4. The molecule has 0 unspecified atom stereocenters. The van der Waals surface area contributed by atoms with Crippen molar-refractivity contribution < 1.29 is 23.7 Å². The van der Waals surface area contributed by atoms with Crippen LogP contribution in [0.2, 0.25) is 0 Å². The molecule has 9 nitrogen and oxygen atoms in total.